The molecule has 2 aromatic rings. The van der Waals surface area contributed by atoms with Gasteiger partial charge in [-0.2, -0.15) is 0 Å². The highest BCUT2D eigenvalue weighted by Crippen LogP contribution is 2.20. The van der Waals surface area contributed by atoms with Crippen molar-refractivity contribution in [1.29, 1.82) is 0 Å². The minimum absolute atomic E-state index is 0.0521. The maximum Gasteiger partial charge on any atom is 0.313 e. The molecule has 0 unspecified atom stereocenters. The van der Waals surface area contributed by atoms with Crippen molar-refractivity contribution in [2.45, 2.75) is 6.92 Å². The summed E-state index contributed by atoms with van der Waals surface area (Å²) in [6.45, 7) is 3.73. The van der Waals surface area contributed by atoms with Crippen molar-refractivity contribution in [3.8, 4) is 5.75 Å². The zero-order valence-electron chi connectivity index (χ0n) is 16.0. The van der Waals surface area contributed by atoms with Crippen LogP contribution in [0.25, 0.3) is 0 Å². The molecule has 0 spiro atoms. The lowest BCUT2D eigenvalue weighted by atomic mass is 10.1. The van der Waals surface area contributed by atoms with E-state index in [9.17, 15) is 14.4 Å². The van der Waals surface area contributed by atoms with Gasteiger partial charge in [0.05, 0.1) is 7.11 Å². The Bertz CT molecular complexity index is 854. The van der Waals surface area contributed by atoms with Gasteiger partial charge >= 0.3 is 11.8 Å². The summed E-state index contributed by atoms with van der Waals surface area (Å²) in [5.74, 6) is -0.479. The summed E-state index contributed by atoms with van der Waals surface area (Å²) in [6.07, 6.45) is 0. The number of ketones is 1. The molecule has 0 radical (unpaired) electrons. The molecular formula is C21H23N3O4. The van der Waals surface area contributed by atoms with Crippen LogP contribution in [0.4, 0.5) is 11.4 Å². The number of carbonyl (C=O) groups excluding carboxylic acids is 3. The first-order valence-corrected chi connectivity index (χ1v) is 9.08. The summed E-state index contributed by atoms with van der Waals surface area (Å²) < 4.78 is 5.17. The largest absolute Gasteiger partial charge is 0.497 e. The molecule has 1 fully saturated rings. The normalized spacial score (nSPS) is 13.8. The lowest BCUT2D eigenvalue weighted by Gasteiger charge is -2.35. The molecule has 3 rings (SSSR count). The zero-order valence-corrected chi connectivity index (χ0v) is 16.0. The topological polar surface area (TPSA) is 79.0 Å². The molecule has 7 nitrogen and oxygen atoms in total. The van der Waals surface area contributed by atoms with Gasteiger partial charge in [-0.1, -0.05) is 0 Å². The lowest BCUT2D eigenvalue weighted by molar-refractivity contribution is -0.143. The van der Waals surface area contributed by atoms with Gasteiger partial charge in [0.15, 0.2) is 5.78 Å². The highest BCUT2D eigenvalue weighted by Gasteiger charge is 2.26. The molecular weight excluding hydrogens is 358 g/mol. The maximum atomic E-state index is 12.4. The molecule has 1 heterocycles. The molecule has 2 amide bonds. The summed E-state index contributed by atoms with van der Waals surface area (Å²) >= 11 is 0. The van der Waals surface area contributed by atoms with Gasteiger partial charge < -0.3 is 19.9 Å². The predicted octanol–water partition coefficient (Wildman–Crippen LogP) is 2.19. The van der Waals surface area contributed by atoms with Crippen LogP contribution in [0.15, 0.2) is 48.5 Å². The van der Waals surface area contributed by atoms with E-state index >= 15 is 0 Å². The third-order valence-corrected chi connectivity index (χ3v) is 4.75. The van der Waals surface area contributed by atoms with Crippen LogP contribution in [0.3, 0.4) is 0 Å². The fourth-order valence-corrected chi connectivity index (χ4v) is 3.08. The van der Waals surface area contributed by atoms with E-state index in [-0.39, 0.29) is 5.78 Å². The number of carbonyl (C=O) groups is 3. The van der Waals surface area contributed by atoms with Crippen molar-refractivity contribution in [2.24, 2.45) is 0 Å². The number of anilines is 2. The minimum atomic E-state index is -0.673. The number of ether oxygens (including phenoxy) is 1. The van der Waals surface area contributed by atoms with Crippen LogP contribution < -0.4 is 15.0 Å². The van der Waals surface area contributed by atoms with Crippen LogP contribution in [-0.4, -0.2) is 55.8 Å². The average Bonchev–Trinajstić information content (AvgIpc) is 2.73. The van der Waals surface area contributed by atoms with E-state index in [2.05, 4.69) is 10.2 Å². The van der Waals surface area contributed by atoms with Crippen molar-refractivity contribution in [3.05, 3.63) is 54.1 Å². The number of rotatable bonds is 4. The molecule has 28 heavy (non-hydrogen) atoms. The maximum absolute atomic E-state index is 12.4. The van der Waals surface area contributed by atoms with Crippen LogP contribution in [0.1, 0.15) is 17.3 Å². The molecule has 7 heteroatoms. The first kappa shape index (κ1) is 19.4. The molecule has 0 bridgehead atoms. The quantitative estimate of drug-likeness (QED) is 0.649. The Hall–Kier alpha value is -3.35. The summed E-state index contributed by atoms with van der Waals surface area (Å²) in [5, 5.41) is 2.59. The smallest absolute Gasteiger partial charge is 0.313 e. The van der Waals surface area contributed by atoms with Crippen LogP contribution in [0.5, 0.6) is 5.75 Å². The van der Waals surface area contributed by atoms with Crippen LogP contribution in [0, 0.1) is 0 Å². The van der Waals surface area contributed by atoms with Crippen molar-refractivity contribution in [1.82, 2.24) is 4.90 Å². The van der Waals surface area contributed by atoms with Gasteiger partial charge in [0.2, 0.25) is 0 Å². The second kappa shape index (κ2) is 8.56. The van der Waals surface area contributed by atoms with E-state index in [0.29, 0.717) is 37.4 Å². The zero-order chi connectivity index (χ0) is 20.1. The molecule has 1 aliphatic rings. The Morgan fingerprint density at radius 2 is 1.50 bits per heavy atom. The fourth-order valence-electron chi connectivity index (χ4n) is 3.08. The van der Waals surface area contributed by atoms with E-state index in [1.54, 1.807) is 36.3 Å². The van der Waals surface area contributed by atoms with Gasteiger partial charge in [0.1, 0.15) is 5.75 Å². The minimum Gasteiger partial charge on any atom is -0.497 e. The number of amides is 2. The Balaban J connectivity index is 1.53. The van der Waals surface area contributed by atoms with Gasteiger partial charge in [0.25, 0.3) is 0 Å². The van der Waals surface area contributed by atoms with E-state index < -0.39 is 11.8 Å². The third kappa shape index (κ3) is 4.49. The van der Waals surface area contributed by atoms with Gasteiger partial charge in [-0.15, -0.1) is 0 Å². The monoisotopic (exact) mass is 381 g/mol. The Morgan fingerprint density at radius 3 is 2.04 bits per heavy atom. The molecule has 2 aromatic carbocycles. The summed E-state index contributed by atoms with van der Waals surface area (Å²) in [5.41, 5.74) is 2.10. The molecule has 146 valence electrons. The van der Waals surface area contributed by atoms with Gasteiger partial charge in [-0.3, -0.25) is 14.4 Å². The summed E-state index contributed by atoms with van der Waals surface area (Å²) in [7, 11) is 1.63. The van der Waals surface area contributed by atoms with Crippen molar-refractivity contribution >= 4 is 29.0 Å². The first-order chi connectivity index (χ1) is 13.5. The fraction of sp³-hybridized carbons (Fsp3) is 0.286. The Labute approximate surface area is 163 Å². The van der Waals surface area contributed by atoms with E-state index in [1.165, 1.54) is 6.92 Å². The SMILES string of the molecule is COc1ccc(N2CCN(C(=O)C(=O)Nc3ccc(C(C)=O)cc3)CC2)cc1. The number of hydrogen-bond donors (Lipinski definition) is 1. The molecule has 0 atom stereocenters. The Morgan fingerprint density at radius 1 is 0.893 bits per heavy atom. The van der Waals surface area contributed by atoms with Crippen LogP contribution in [-0.2, 0) is 9.59 Å². The first-order valence-electron chi connectivity index (χ1n) is 9.08. The summed E-state index contributed by atoms with van der Waals surface area (Å²) in [4.78, 5) is 39.7. The number of benzene rings is 2. The highest BCUT2D eigenvalue weighted by atomic mass is 16.5. The molecule has 1 saturated heterocycles. The predicted molar refractivity (Wildman–Crippen MR) is 107 cm³/mol. The van der Waals surface area contributed by atoms with E-state index in [0.717, 1.165) is 11.4 Å². The molecule has 0 aliphatic carbocycles. The van der Waals surface area contributed by atoms with Gasteiger partial charge in [-0.25, -0.2) is 0 Å². The van der Waals surface area contributed by atoms with Gasteiger partial charge in [-0.05, 0) is 55.5 Å². The van der Waals surface area contributed by atoms with Crippen LogP contribution >= 0.6 is 0 Å². The number of nitrogens with one attached hydrogen (secondary N) is 1. The van der Waals surface area contributed by atoms with Crippen LogP contribution in [0.2, 0.25) is 0 Å². The molecule has 0 aromatic heterocycles. The van der Waals surface area contributed by atoms with E-state index in [1.807, 2.05) is 24.3 Å². The molecule has 1 N–H and O–H groups in total. The lowest BCUT2D eigenvalue weighted by Crippen LogP contribution is -2.51. The number of methoxy groups -OCH3 is 1. The average molecular weight is 381 g/mol. The van der Waals surface area contributed by atoms with Crippen molar-refractivity contribution in [2.75, 3.05) is 43.5 Å². The third-order valence-electron chi connectivity index (χ3n) is 4.75. The standard InChI is InChI=1S/C21H23N3O4/c1-15(25)16-3-5-17(6-4-16)22-20(26)21(27)24-13-11-23(12-14-24)18-7-9-19(28-2)10-8-18/h3-10H,11-14H2,1-2H3,(H,22,26). The van der Waals surface area contributed by atoms with Gasteiger partial charge in [0, 0.05) is 43.1 Å². The summed E-state index contributed by atoms with van der Waals surface area (Å²) in [6, 6.07) is 14.2. The molecule has 1 aliphatic heterocycles. The Kier molecular flexibility index (Phi) is 5.93. The number of Topliss-reactive ketones (excluding diaryl/α,β-unsaturated/α-hetero) is 1. The number of piperazine rings is 1. The van der Waals surface area contributed by atoms with E-state index in [4.69, 9.17) is 4.74 Å². The number of nitrogens with zero attached hydrogens (tertiary/aromatic N) is 2. The second-order valence-electron chi connectivity index (χ2n) is 6.56. The number of hydrogen-bond acceptors (Lipinski definition) is 5. The second-order valence-corrected chi connectivity index (χ2v) is 6.56. The van der Waals surface area contributed by atoms with Crippen molar-refractivity contribution in [3.63, 3.8) is 0 Å². The molecule has 0 saturated carbocycles. The van der Waals surface area contributed by atoms with Crippen molar-refractivity contribution < 1.29 is 19.1 Å². The highest BCUT2D eigenvalue weighted by molar-refractivity contribution is 6.39.